The first-order valence-corrected chi connectivity index (χ1v) is 7.13. The fourth-order valence-electron chi connectivity index (χ4n) is 1.86. The lowest BCUT2D eigenvalue weighted by Crippen LogP contribution is -2.35. The molecule has 1 saturated heterocycles. The molecule has 19 heavy (non-hydrogen) atoms. The van der Waals surface area contributed by atoms with E-state index in [0.717, 1.165) is 18.1 Å². The van der Waals surface area contributed by atoms with Gasteiger partial charge in [0.15, 0.2) is 5.78 Å². The third-order valence-corrected chi connectivity index (χ3v) is 3.99. The van der Waals surface area contributed by atoms with Crippen LogP contribution < -0.4 is 4.90 Å². The molecule has 6 heteroatoms. The fraction of sp³-hybridized carbons (Fsp3) is 0.538. The van der Waals surface area contributed by atoms with Crippen molar-refractivity contribution in [1.82, 2.24) is 0 Å². The number of thiophene rings is 1. The van der Waals surface area contributed by atoms with E-state index in [4.69, 9.17) is 9.47 Å². The van der Waals surface area contributed by atoms with Crippen molar-refractivity contribution >= 4 is 28.1 Å². The summed E-state index contributed by atoms with van der Waals surface area (Å²) in [6.45, 7) is 5.13. The molecule has 1 aromatic heterocycles. The average molecular weight is 283 g/mol. The first-order chi connectivity index (χ1) is 9.20. The SMILES string of the molecule is CCOC(=O)CC(=O)c1ccc(N2CCOCC2)s1. The minimum atomic E-state index is -0.464. The molecule has 2 rings (SSSR count). The number of esters is 1. The largest absolute Gasteiger partial charge is 0.466 e. The lowest BCUT2D eigenvalue weighted by atomic mass is 10.2. The highest BCUT2D eigenvalue weighted by Gasteiger charge is 2.18. The number of rotatable bonds is 5. The van der Waals surface area contributed by atoms with E-state index >= 15 is 0 Å². The second-order valence-electron chi connectivity index (χ2n) is 4.14. The zero-order valence-corrected chi connectivity index (χ0v) is 11.7. The van der Waals surface area contributed by atoms with Crippen LogP contribution in [0.25, 0.3) is 0 Å². The summed E-state index contributed by atoms with van der Waals surface area (Å²) in [6.07, 6.45) is -0.184. The molecule has 0 atom stereocenters. The molecule has 0 saturated carbocycles. The maximum atomic E-state index is 11.9. The highest BCUT2D eigenvalue weighted by Crippen LogP contribution is 2.27. The van der Waals surface area contributed by atoms with Crippen molar-refractivity contribution in [1.29, 1.82) is 0 Å². The summed E-state index contributed by atoms with van der Waals surface area (Å²) in [4.78, 5) is 26.0. The van der Waals surface area contributed by atoms with E-state index in [9.17, 15) is 9.59 Å². The second-order valence-corrected chi connectivity index (χ2v) is 5.20. The quantitative estimate of drug-likeness (QED) is 0.468. The highest BCUT2D eigenvalue weighted by atomic mass is 32.1. The predicted octanol–water partition coefficient (Wildman–Crippen LogP) is 1.72. The lowest BCUT2D eigenvalue weighted by Gasteiger charge is -2.27. The number of hydrogen-bond donors (Lipinski definition) is 0. The smallest absolute Gasteiger partial charge is 0.313 e. The van der Waals surface area contributed by atoms with Crippen LogP contribution >= 0.6 is 11.3 Å². The number of anilines is 1. The molecule has 1 aliphatic heterocycles. The maximum Gasteiger partial charge on any atom is 0.313 e. The molecule has 104 valence electrons. The van der Waals surface area contributed by atoms with Gasteiger partial charge in [0.1, 0.15) is 6.42 Å². The summed E-state index contributed by atoms with van der Waals surface area (Å²) in [6, 6.07) is 3.70. The van der Waals surface area contributed by atoms with Crippen molar-refractivity contribution in [3.8, 4) is 0 Å². The van der Waals surface area contributed by atoms with Gasteiger partial charge in [0.2, 0.25) is 0 Å². The van der Waals surface area contributed by atoms with E-state index in [1.807, 2.05) is 6.07 Å². The van der Waals surface area contributed by atoms with Crippen molar-refractivity contribution in [3.63, 3.8) is 0 Å². The van der Waals surface area contributed by atoms with Crippen LogP contribution in [0.2, 0.25) is 0 Å². The van der Waals surface area contributed by atoms with Crippen molar-refractivity contribution in [3.05, 3.63) is 17.0 Å². The molecule has 1 fully saturated rings. The van der Waals surface area contributed by atoms with Crippen LogP contribution in [0.1, 0.15) is 23.0 Å². The van der Waals surface area contributed by atoms with Crippen LogP contribution in [0.3, 0.4) is 0 Å². The Balaban J connectivity index is 1.95. The Bertz CT molecular complexity index is 451. The van der Waals surface area contributed by atoms with Gasteiger partial charge < -0.3 is 14.4 Å². The minimum absolute atomic E-state index is 0.178. The van der Waals surface area contributed by atoms with E-state index in [-0.39, 0.29) is 12.2 Å². The molecule has 1 aromatic rings. The Morgan fingerprint density at radius 2 is 2.11 bits per heavy atom. The van der Waals surface area contributed by atoms with E-state index in [1.54, 1.807) is 13.0 Å². The number of hydrogen-bond acceptors (Lipinski definition) is 6. The number of morpholine rings is 1. The number of ether oxygens (including phenoxy) is 2. The fourth-order valence-corrected chi connectivity index (χ4v) is 2.86. The van der Waals surface area contributed by atoms with Crippen molar-refractivity contribution < 1.29 is 19.1 Å². The van der Waals surface area contributed by atoms with Gasteiger partial charge >= 0.3 is 5.97 Å². The van der Waals surface area contributed by atoms with Crippen molar-refractivity contribution in [2.45, 2.75) is 13.3 Å². The Morgan fingerprint density at radius 3 is 2.79 bits per heavy atom. The van der Waals surface area contributed by atoms with Gasteiger partial charge in [0.05, 0.1) is 29.7 Å². The molecule has 0 spiro atoms. The molecular weight excluding hydrogens is 266 g/mol. The molecule has 0 amide bonds. The van der Waals surface area contributed by atoms with E-state index < -0.39 is 5.97 Å². The van der Waals surface area contributed by atoms with E-state index in [0.29, 0.717) is 24.7 Å². The van der Waals surface area contributed by atoms with Gasteiger partial charge in [-0.3, -0.25) is 9.59 Å². The number of Topliss-reactive ketones (excluding diaryl/α,β-unsaturated/α-hetero) is 1. The summed E-state index contributed by atoms with van der Waals surface area (Å²) in [5, 5.41) is 1.05. The topological polar surface area (TPSA) is 55.8 Å². The molecule has 0 aromatic carbocycles. The van der Waals surface area contributed by atoms with Gasteiger partial charge in [0, 0.05) is 13.1 Å². The van der Waals surface area contributed by atoms with Crippen LogP contribution in [0, 0.1) is 0 Å². The minimum Gasteiger partial charge on any atom is -0.466 e. The second kappa shape index (κ2) is 6.68. The third kappa shape index (κ3) is 3.78. The molecular formula is C13H17NO4S. The molecule has 0 unspecified atom stereocenters. The van der Waals surface area contributed by atoms with Gasteiger partial charge in [-0.05, 0) is 19.1 Å². The summed E-state index contributed by atoms with van der Waals surface area (Å²) in [5.74, 6) is -0.642. The summed E-state index contributed by atoms with van der Waals surface area (Å²) >= 11 is 1.42. The van der Waals surface area contributed by atoms with Crippen LogP contribution in [-0.2, 0) is 14.3 Å². The average Bonchev–Trinajstić information content (AvgIpc) is 2.89. The number of nitrogens with zero attached hydrogens (tertiary/aromatic N) is 1. The first-order valence-electron chi connectivity index (χ1n) is 6.32. The Morgan fingerprint density at radius 1 is 1.37 bits per heavy atom. The number of carbonyl (C=O) groups is 2. The molecule has 5 nitrogen and oxygen atoms in total. The van der Waals surface area contributed by atoms with Crippen LogP contribution in [0.5, 0.6) is 0 Å². The van der Waals surface area contributed by atoms with Gasteiger partial charge in [-0.15, -0.1) is 11.3 Å². The van der Waals surface area contributed by atoms with Gasteiger partial charge in [-0.1, -0.05) is 0 Å². The zero-order valence-electron chi connectivity index (χ0n) is 10.9. The number of carbonyl (C=O) groups excluding carboxylic acids is 2. The van der Waals surface area contributed by atoms with E-state index in [2.05, 4.69) is 4.90 Å². The number of ketones is 1. The summed E-state index contributed by atoms with van der Waals surface area (Å²) in [7, 11) is 0. The lowest BCUT2D eigenvalue weighted by molar-refractivity contribution is -0.141. The Kier molecular flexibility index (Phi) is 4.93. The normalized spacial score (nSPS) is 15.3. The molecule has 0 radical (unpaired) electrons. The van der Waals surface area contributed by atoms with Gasteiger partial charge in [-0.25, -0.2) is 0 Å². The molecule has 1 aliphatic rings. The summed E-state index contributed by atoms with van der Waals surface area (Å²) < 4.78 is 10.1. The van der Waals surface area contributed by atoms with Crippen molar-refractivity contribution in [2.75, 3.05) is 37.8 Å². The van der Waals surface area contributed by atoms with Crippen LogP contribution in [0.15, 0.2) is 12.1 Å². The Labute approximate surface area is 116 Å². The van der Waals surface area contributed by atoms with Crippen LogP contribution in [0.4, 0.5) is 5.00 Å². The highest BCUT2D eigenvalue weighted by molar-refractivity contribution is 7.18. The molecule has 2 heterocycles. The monoisotopic (exact) mass is 283 g/mol. The predicted molar refractivity (Wildman–Crippen MR) is 72.9 cm³/mol. The molecule has 0 N–H and O–H groups in total. The van der Waals surface area contributed by atoms with Crippen LogP contribution in [-0.4, -0.2) is 44.7 Å². The van der Waals surface area contributed by atoms with Gasteiger partial charge in [-0.2, -0.15) is 0 Å². The van der Waals surface area contributed by atoms with Crippen molar-refractivity contribution in [2.24, 2.45) is 0 Å². The maximum absolute atomic E-state index is 11.9. The zero-order chi connectivity index (χ0) is 13.7. The standard InChI is InChI=1S/C13H17NO4S/c1-2-18-13(16)9-10(15)11-3-4-12(19-11)14-5-7-17-8-6-14/h3-4H,2,5-9H2,1H3. The van der Waals surface area contributed by atoms with Gasteiger partial charge in [0.25, 0.3) is 0 Å². The van der Waals surface area contributed by atoms with E-state index in [1.165, 1.54) is 11.3 Å². The third-order valence-electron chi connectivity index (χ3n) is 2.80. The Hall–Kier alpha value is -1.40. The first kappa shape index (κ1) is 14.0. The summed E-state index contributed by atoms with van der Waals surface area (Å²) in [5.41, 5.74) is 0. The molecule has 0 aliphatic carbocycles. The molecule has 0 bridgehead atoms.